The van der Waals surface area contributed by atoms with Crippen molar-refractivity contribution in [2.24, 2.45) is 0 Å². The lowest BCUT2D eigenvalue weighted by Gasteiger charge is -2.42. The van der Waals surface area contributed by atoms with Crippen molar-refractivity contribution in [2.75, 3.05) is 26.0 Å². The Bertz CT molecular complexity index is 990. The van der Waals surface area contributed by atoms with Gasteiger partial charge in [-0.25, -0.2) is 17.5 Å². The second-order valence-electron chi connectivity index (χ2n) is 7.10. The van der Waals surface area contributed by atoms with Crippen LogP contribution in [0.15, 0.2) is 12.7 Å². The van der Waals surface area contributed by atoms with Gasteiger partial charge >= 0.3 is 53.6 Å². The normalized spacial score (nSPS) is 15.6. The molecule has 0 radical (unpaired) electrons. The van der Waals surface area contributed by atoms with Crippen LogP contribution in [0.1, 0.15) is 0 Å². The summed E-state index contributed by atoms with van der Waals surface area (Å²) < 4.78 is 252. The van der Waals surface area contributed by atoms with Gasteiger partial charge in [0.15, 0.2) is 0 Å². The maximum Gasteiger partial charge on any atom is 0.460 e. The fourth-order valence-electron chi connectivity index (χ4n) is 2.10. The zero-order valence-corrected chi connectivity index (χ0v) is 18.6. The minimum absolute atomic E-state index is 0.228. The van der Waals surface area contributed by atoms with E-state index in [1.165, 1.54) is 0 Å². The van der Waals surface area contributed by atoms with Gasteiger partial charge in [0, 0.05) is 19.7 Å². The van der Waals surface area contributed by atoms with Crippen LogP contribution in [0.5, 0.6) is 0 Å². The van der Waals surface area contributed by atoms with E-state index in [4.69, 9.17) is 0 Å². The van der Waals surface area contributed by atoms with Crippen LogP contribution in [0.4, 0.5) is 74.6 Å². The van der Waals surface area contributed by atoms with Gasteiger partial charge in [0.05, 0.1) is 0 Å². The SMILES string of the molecule is C=CC(=O)OCCN(C)S(=O)(=O)CC(F)(F)C(F)(F)C(F)(F)C(F)(F)C(F)(F)C(F)(F)C(F)(F)C(F)(F)F. The maximum absolute atomic E-state index is 13.9. The Labute approximate surface area is 200 Å². The summed E-state index contributed by atoms with van der Waals surface area (Å²) in [4.78, 5) is 10.8. The summed E-state index contributed by atoms with van der Waals surface area (Å²) in [5, 5.41) is 0. The molecule has 0 aromatic carbocycles. The number of halogens is 17. The second-order valence-corrected chi connectivity index (χ2v) is 9.17. The molecule has 0 rings (SSSR count). The minimum atomic E-state index is -8.81. The van der Waals surface area contributed by atoms with Crippen molar-refractivity contribution in [1.29, 1.82) is 0 Å². The van der Waals surface area contributed by atoms with Gasteiger partial charge in [0.1, 0.15) is 12.4 Å². The van der Waals surface area contributed by atoms with Crippen molar-refractivity contribution in [3.05, 3.63) is 12.7 Å². The molecule has 0 N–H and O–H groups in total. The lowest BCUT2D eigenvalue weighted by atomic mass is 9.89. The van der Waals surface area contributed by atoms with E-state index in [0.29, 0.717) is 6.08 Å². The zero-order chi connectivity index (χ0) is 31.2. The summed E-state index contributed by atoms with van der Waals surface area (Å²) in [7, 11) is -5.79. The van der Waals surface area contributed by atoms with Gasteiger partial charge in [-0.15, -0.1) is 0 Å². The molecule has 0 saturated heterocycles. The average Bonchev–Trinajstić information content (AvgIpc) is 2.70. The van der Waals surface area contributed by atoms with E-state index in [-0.39, 0.29) is 7.05 Å². The summed E-state index contributed by atoms with van der Waals surface area (Å²) in [6, 6.07) is 0. The molecule has 0 amide bonds. The molecule has 0 unspecified atom stereocenters. The summed E-state index contributed by atoms with van der Waals surface area (Å²) >= 11 is 0. The molecular formula is C15H12F17NO4S. The first kappa shape index (κ1) is 35.9. The highest BCUT2D eigenvalue weighted by atomic mass is 32.2. The molecule has 0 aromatic heterocycles. The van der Waals surface area contributed by atoms with Gasteiger partial charge in [-0.1, -0.05) is 6.58 Å². The molecule has 0 aromatic rings. The number of hydrogen-bond acceptors (Lipinski definition) is 4. The zero-order valence-electron chi connectivity index (χ0n) is 17.8. The number of alkyl halides is 17. The summed E-state index contributed by atoms with van der Waals surface area (Å²) in [6.07, 6.45) is -7.40. The van der Waals surface area contributed by atoms with Crippen molar-refractivity contribution in [3.63, 3.8) is 0 Å². The summed E-state index contributed by atoms with van der Waals surface area (Å²) in [5.74, 6) is -63.3. The number of ether oxygens (including phenoxy) is 1. The lowest BCUT2D eigenvalue weighted by Crippen LogP contribution is -2.74. The molecule has 0 aliphatic carbocycles. The third kappa shape index (κ3) is 5.62. The highest BCUT2D eigenvalue weighted by molar-refractivity contribution is 7.89. The Balaban J connectivity index is 6.46. The summed E-state index contributed by atoms with van der Waals surface area (Å²) in [5.41, 5.74) is 0. The molecule has 0 aliphatic heterocycles. The van der Waals surface area contributed by atoms with Crippen molar-refractivity contribution < 1.29 is 92.6 Å². The van der Waals surface area contributed by atoms with E-state index in [9.17, 15) is 87.8 Å². The van der Waals surface area contributed by atoms with Crippen LogP contribution in [-0.4, -0.2) is 92.3 Å². The molecule has 0 bridgehead atoms. The van der Waals surface area contributed by atoms with Crippen LogP contribution in [-0.2, 0) is 19.6 Å². The monoisotopic (exact) mass is 625 g/mol. The van der Waals surface area contributed by atoms with Crippen molar-refractivity contribution in [1.82, 2.24) is 4.31 Å². The van der Waals surface area contributed by atoms with Crippen LogP contribution in [0, 0.1) is 0 Å². The molecule has 0 spiro atoms. The molecule has 23 heteroatoms. The molecule has 0 heterocycles. The van der Waals surface area contributed by atoms with Crippen LogP contribution in [0.25, 0.3) is 0 Å². The number of rotatable bonds is 13. The van der Waals surface area contributed by atoms with E-state index >= 15 is 0 Å². The quantitative estimate of drug-likeness (QED) is 0.165. The summed E-state index contributed by atoms with van der Waals surface area (Å²) in [6.45, 7) is 0.599. The topological polar surface area (TPSA) is 63.7 Å². The highest BCUT2D eigenvalue weighted by Crippen LogP contribution is 2.64. The largest absolute Gasteiger partial charge is 0.461 e. The molecule has 0 aliphatic rings. The maximum atomic E-state index is 13.9. The first-order chi connectivity index (χ1) is 16.3. The predicted molar refractivity (Wildman–Crippen MR) is 88.3 cm³/mol. The molecule has 5 nitrogen and oxygen atoms in total. The third-order valence-electron chi connectivity index (χ3n) is 4.44. The first-order valence-corrected chi connectivity index (χ1v) is 10.4. The highest BCUT2D eigenvalue weighted by Gasteiger charge is 2.95. The van der Waals surface area contributed by atoms with Crippen molar-refractivity contribution >= 4 is 16.0 Å². The fourth-order valence-corrected chi connectivity index (χ4v) is 3.31. The van der Waals surface area contributed by atoms with E-state index in [1.807, 2.05) is 0 Å². The number of nitrogens with zero attached hydrogens (tertiary/aromatic N) is 1. The van der Waals surface area contributed by atoms with E-state index in [1.54, 1.807) is 0 Å². The molecule has 0 atom stereocenters. The number of esters is 1. The second kappa shape index (κ2) is 10.2. The van der Waals surface area contributed by atoms with E-state index < -0.39 is 86.8 Å². The molecular weight excluding hydrogens is 613 g/mol. The van der Waals surface area contributed by atoms with E-state index in [2.05, 4.69) is 11.3 Å². The van der Waals surface area contributed by atoms with Gasteiger partial charge in [0.25, 0.3) is 0 Å². The standard InChI is InChI=1S/C15H12F17NO4S/c1-3-7(34)37-5-4-33(2)38(35,36)6-8(16,17)9(18,19)10(20,21)11(22,23)12(24,25)13(26,27)14(28,29)15(30,31)32/h3H,1,4-6H2,2H3. The number of likely N-dealkylation sites (N-methyl/N-ethyl adjacent to an activating group) is 1. The average molecular weight is 625 g/mol. The molecule has 0 fully saturated rings. The molecule has 0 saturated carbocycles. The van der Waals surface area contributed by atoms with Crippen molar-refractivity contribution in [2.45, 2.75) is 47.6 Å². The molecule has 38 heavy (non-hydrogen) atoms. The van der Waals surface area contributed by atoms with Crippen LogP contribution in [0.3, 0.4) is 0 Å². The number of carbonyl (C=O) groups excluding carboxylic acids is 1. The van der Waals surface area contributed by atoms with Crippen molar-refractivity contribution in [3.8, 4) is 0 Å². The third-order valence-corrected chi connectivity index (χ3v) is 6.30. The number of sulfonamides is 1. The Morgan fingerprint density at radius 1 is 0.711 bits per heavy atom. The Kier molecular flexibility index (Phi) is 9.60. The molecule has 226 valence electrons. The lowest BCUT2D eigenvalue weighted by molar-refractivity contribution is -0.460. The smallest absolute Gasteiger partial charge is 0.460 e. The van der Waals surface area contributed by atoms with Gasteiger partial charge in [-0.05, 0) is 0 Å². The minimum Gasteiger partial charge on any atom is -0.461 e. The first-order valence-electron chi connectivity index (χ1n) is 8.78. The van der Waals surface area contributed by atoms with Crippen LogP contribution < -0.4 is 0 Å². The van der Waals surface area contributed by atoms with Gasteiger partial charge in [-0.3, -0.25) is 0 Å². The fraction of sp³-hybridized carbons (Fsp3) is 0.800. The van der Waals surface area contributed by atoms with Crippen LogP contribution >= 0.6 is 0 Å². The number of hydrogen-bond donors (Lipinski definition) is 0. The number of carbonyl (C=O) groups is 1. The Hall–Kier alpha value is -2.07. The van der Waals surface area contributed by atoms with Gasteiger partial charge in [-0.2, -0.15) is 74.6 Å². The van der Waals surface area contributed by atoms with Gasteiger partial charge < -0.3 is 4.74 Å². The van der Waals surface area contributed by atoms with E-state index in [0.717, 1.165) is 0 Å². The van der Waals surface area contributed by atoms with Gasteiger partial charge in [0.2, 0.25) is 10.0 Å². The predicted octanol–water partition coefficient (Wildman–Crippen LogP) is 4.99. The van der Waals surface area contributed by atoms with Crippen LogP contribution in [0.2, 0.25) is 0 Å². The Morgan fingerprint density at radius 2 is 1.05 bits per heavy atom. The Morgan fingerprint density at radius 3 is 1.39 bits per heavy atom.